The molecule has 10 rings (SSSR count). The average Bonchev–Trinajstić information content (AvgIpc) is 4.07. The SMILES string of the molecule is C[C](=[Zr+2])c1ccccc1.C[C](=[Zr+2])c1ccccc1.[Cl-].[Cl-].c1ccc2[cH-]ccc2c1.c1ccc2[cH-]ccc2c1.c1ccc2[cH-]ccc2c1.c1ccc2[cH-]ccc2c1. The minimum absolute atomic E-state index is 0. The molecule has 4 heteroatoms. The normalized spacial score (nSPS) is 9.54. The molecule has 0 bridgehead atoms. The molecule has 276 valence electrons. The summed E-state index contributed by atoms with van der Waals surface area (Å²) in [6, 6.07) is 79.6. The Morgan fingerprint density at radius 3 is 0.714 bits per heavy atom. The predicted molar refractivity (Wildman–Crippen MR) is 231 cm³/mol. The Bertz CT molecular complexity index is 2130. The molecule has 0 aliphatic rings. The van der Waals surface area contributed by atoms with Crippen LogP contribution in [0, 0.1) is 0 Å². The molecular weight excluding hydrogens is 878 g/mol. The van der Waals surface area contributed by atoms with Gasteiger partial charge >= 0.3 is 141 Å². The molecule has 0 nitrogen and oxygen atoms in total. The molecule has 0 N–H and O–H groups in total. The monoisotopic (exact) mass is 918 g/mol. The second kappa shape index (κ2) is 25.9. The van der Waals surface area contributed by atoms with E-state index in [2.05, 4.69) is 232 Å². The molecule has 0 saturated carbocycles. The van der Waals surface area contributed by atoms with E-state index in [0.29, 0.717) is 0 Å². The number of benzene rings is 6. The maximum Gasteiger partial charge on any atom is -0.0809 e. The zero-order valence-corrected chi connectivity index (χ0v) is 38.1. The number of rotatable bonds is 2. The fraction of sp³-hybridized carbons (Fsp3) is 0.0385. The summed E-state index contributed by atoms with van der Waals surface area (Å²) in [5, 5.41) is 10.6. The topological polar surface area (TPSA) is 0 Å². The van der Waals surface area contributed by atoms with Crippen LogP contribution < -0.4 is 24.8 Å². The van der Waals surface area contributed by atoms with Crippen LogP contribution in [0.5, 0.6) is 0 Å². The summed E-state index contributed by atoms with van der Waals surface area (Å²) in [7, 11) is 0. The van der Waals surface area contributed by atoms with E-state index < -0.39 is 0 Å². The summed E-state index contributed by atoms with van der Waals surface area (Å²) in [6.07, 6.45) is 0. The first-order valence-electron chi connectivity index (χ1n) is 18.1. The van der Waals surface area contributed by atoms with Crippen molar-refractivity contribution in [1.29, 1.82) is 0 Å². The van der Waals surface area contributed by atoms with Crippen molar-refractivity contribution in [3.63, 3.8) is 0 Å². The Kier molecular flexibility index (Phi) is 21.4. The Hall–Kier alpha value is -4.15. The van der Waals surface area contributed by atoms with Gasteiger partial charge in [-0.25, -0.2) is 0 Å². The third kappa shape index (κ3) is 15.4. The summed E-state index contributed by atoms with van der Waals surface area (Å²) in [6.45, 7) is 4.32. The molecular formula is C52H44Cl2Zr2-2. The largest absolute Gasteiger partial charge is 1.00 e. The Balaban J connectivity index is 0.000000179. The van der Waals surface area contributed by atoms with E-state index in [-0.39, 0.29) is 24.8 Å². The van der Waals surface area contributed by atoms with Crippen LogP contribution in [0.3, 0.4) is 0 Å². The minimum atomic E-state index is 0. The van der Waals surface area contributed by atoms with E-state index in [1.165, 1.54) is 109 Å². The van der Waals surface area contributed by atoms with Gasteiger partial charge in [-0.05, 0) is 0 Å². The molecule has 0 aliphatic carbocycles. The zero-order valence-electron chi connectivity index (χ0n) is 31.7. The van der Waals surface area contributed by atoms with E-state index in [0.717, 1.165) is 0 Å². The maximum absolute atomic E-state index is 2.16. The molecule has 0 atom stereocenters. The van der Waals surface area contributed by atoms with Crippen molar-refractivity contribution < 1.29 is 73.3 Å². The van der Waals surface area contributed by atoms with Crippen molar-refractivity contribution in [3.05, 3.63) is 242 Å². The second-order valence-corrected chi connectivity index (χ2v) is 16.3. The van der Waals surface area contributed by atoms with Gasteiger partial charge in [0.25, 0.3) is 0 Å². The quantitative estimate of drug-likeness (QED) is 0.156. The number of halogens is 2. The number of hydrogen-bond acceptors (Lipinski definition) is 0. The first-order chi connectivity index (χ1) is 26.5. The van der Waals surface area contributed by atoms with Gasteiger partial charge in [-0.15, -0.1) is 119 Å². The van der Waals surface area contributed by atoms with E-state index in [1.807, 2.05) is 12.1 Å². The molecule has 0 amide bonds. The van der Waals surface area contributed by atoms with Gasteiger partial charge in [0.05, 0.1) is 0 Å². The second-order valence-electron chi connectivity index (χ2n) is 12.6. The standard InChI is InChI=1S/4C9H7.2C8H8.2ClH.2Zr/c4*1-2-5-9-7-3-6-8(9)4-1;2*1-2-8-6-4-3-5-7-8;;;;/h4*1-7H;2*3-7H,1H3;2*1H;;/q4*-1;;;;;2*+2/p-2. The first-order valence-corrected chi connectivity index (χ1v) is 20.6. The molecule has 10 aromatic carbocycles. The van der Waals surface area contributed by atoms with Crippen LogP contribution in [0.15, 0.2) is 231 Å². The van der Waals surface area contributed by atoms with Crippen molar-refractivity contribution in [2.75, 3.05) is 0 Å². The summed E-state index contributed by atoms with van der Waals surface area (Å²) in [5.41, 5.74) is 2.74. The van der Waals surface area contributed by atoms with Gasteiger partial charge in [0.1, 0.15) is 0 Å². The molecule has 0 radical (unpaired) electrons. The van der Waals surface area contributed by atoms with E-state index in [9.17, 15) is 0 Å². The van der Waals surface area contributed by atoms with Crippen LogP contribution >= 0.6 is 0 Å². The van der Waals surface area contributed by atoms with Crippen molar-refractivity contribution in [2.24, 2.45) is 0 Å². The van der Waals surface area contributed by atoms with Gasteiger partial charge in [0.2, 0.25) is 0 Å². The van der Waals surface area contributed by atoms with Crippen LogP contribution in [0.1, 0.15) is 25.0 Å². The number of hydrogen-bond donors (Lipinski definition) is 0. The molecule has 0 aliphatic heterocycles. The van der Waals surface area contributed by atoms with E-state index in [4.69, 9.17) is 0 Å². The van der Waals surface area contributed by atoms with Crippen molar-refractivity contribution in [1.82, 2.24) is 0 Å². The summed E-state index contributed by atoms with van der Waals surface area (Å²) in [5.74, 6) is 0. The Morgan fingerprint density at radius 2 is 0.518 bits per heavy atom. The third-order valence-electron chi connectivity index (χ3n) is 8.60. The first kappa shape index (κ1) is 46.2. The van der Waals surface area contributed by atoms with Gasteiger partial charge < -0.3 is 24.8 Å². The molecule has 56 heavy (non-hydrogen) atoms. The molecule has 0 unspecified atom stereocenters. The summed E-state index contributed by atoms with van der Waals surface area (Å²) in [4.78, 5) is 0. The van der Waals surface area contributed by atoms with Crippen molar-refractivity contribution in [2.45, 2.75) is 13.8 Å². The average molecular weight is 922 g/mol. The van der Waals surface area contributed by atoms with Crippen LogP contribution in [-0.4, -0.2) is 6.41 Å². The summed E-state index contributed by atoms with van der Waals surface area (Å²) >= 11 is 3.01. The van der Waals surface area contributed by atoms with E-state index in [1.54, 1.807) is 0 Å². The van der Waals surface area contributed by atoms with Crippen LogP contribution in [0.25, 0.3) is 43.1 Å². The van der Waals surface area contributed by atoms with Gasteiger partial charge in [-0.1, -0.05) is 24.3 Å². The molecule has 0 aromatic heterocycles. The molecule has 0 spiro atoms. The van der Waals surface area contributed by atoms with Gasteiger partial charge in [0, 0.05) is 0 Å². The minimum Gasteiger partial charge on any atom is -1.00 e. The van der Waals surface area contributed by atoms with Crippen LogP contribution in [0.4, 0.5) is 0 Å². The van der Waals surface area contributed by atoms with Gasteiger partial charge in [-0.2, -0.15) is 70.1 Å². The van der Waals surface area contributed by atoms with Gasteiger partial charge in [0.15, 0.2) is 0 Å². The summed E-state index contributed by atoms with van der Waals surface area (Å²) < 4.78 is 2.92. The zero-order chi connectivity index (χ0) is 37.8. The van der Waals surface area contributed by atoms with Crippen molar-refractivity contribution >= 4 is 49.5 Å². The van der Waals surface area contributed by atoms with E-state index >= 15 is 0 Å². The fourth-order valence-corrected chi connectivity index (χ4v) is 6.48. The molecule has 10 aromatic rings. The fourth-order valence-electron chi connectivity index (χ4n) is 5.66. The third-order valence-corrected chi connectivity index (χ3v) is 10.0. The number of fused-ring (bicyclic) bond motifs is 4. The smallest absolute Gasteiger partial charge is 0.0809 e. The van der Waals surface area contributed by atoms with Crippen molar-refractivity contribution in [3.8, 4) is 0 Å². The van der Waals surface area contributed by atoms with Gasteiger partial charge in [-0.3, -0.25) is 0 Å². The van der Waals surface area contributed by atoms with Crippen LogP contribution in [-0.2, 0) is 48.5 Å². The molecule has 0 saturated heterocycles. The molecule has 0 heterocycles. The maximum atomic E-state index is 2.16. The molecule has 0 fully saturated rings. The Labute approximate surface area is 374 Å². The van der Waals surface area contributed by atoms with Crippen LogP contribution in [0.2, 0.25) is 0 Å². The predicted octanol–water partition coefficient (Wildman–Crippen LogP) is 7.79. The Morgan fingerprint density at radius 1 is 0.304 bits per heavy atom.